The van der Waals surface area contributed by atoms with Crippen LogP contribution in [0.25, 0.3) is 10.8 Å². The van der Waals surface area contributed by atoms with Crippen LogP contribution in [-0.4, -0.2) is 56.1 Å². The second-order valence-corrected chi connectivity index (χ2v) is 7.09. The van der Waals surface area contributed by atoms with Crippen LogP contribution in [0.2, 0.25) is 0 Å². The summed E-state index contributed by atoms with van der Waals surface area (Å²) in [5.74, 6) is 0.503. The lowest BCUT2D eigenvalue weighted by Crippen LogP contribution is -2.45. The van der Waals surface area contributed by atoms with E-state index >= 15 is 0 Å². The van der Waals surface area contributed by atoms with E-state index in [0.29, 0.717) is 25.9 Å². The summed E-state index contributed by atoms with van der Waals surface area (Å²) in [5, 5.41) is 2.17. The number of hydrogen-bond acceptors (Lipinski definition) is 4. The molecular weight excluding hydrogens is 344 g/mol. The van der Waals surface area contributed by atoms with E-state index in [0.717, 1.165) is 22.1 Å². The second-order valence-electron chi connectivity index (χ2n) is 7.09. The fourth-order valence-corrected chi connectivity index (χ4v) is 3.35. The molecule has 0 saturated carbocycles. The van der Waals surface area contributed by atoms with Crippen molar-refractivity contribution >= 4 is 22.8 Å². The predicted octanol–water partition coefficient (Wildman–Crippen LogP) is 3.29. The molecule has 2 aromatic rings. The Balaban J connectivity index is 1.53. The molecular formula is C21H26N2O4. The van der Waals surface area contributed by atoms with E-state index < -0.39 is 0 Å². The molecule has 1 aliphatic heterocycles. The van der Waals surface area contributed by atoms with E-state index in [2.05, 4.69) is 0 Å². The zero-order chi connectivity index (χ0) is 19.4. The first-order valence-corrected chi connectivity index (χ1v) is 9.17. The average Bonchev–Trinajstić information content (AvgIpc) is 2.70. The average molecular weight is 370 g/mol. The van der Waals surface area contributed by atoms with Gasteiger partial charge in [-0.25, -0.2) is 4.79 Å². The Kier molecular flexibility index (Phi) is 5.84. The molecule has 0 unspecified atom stereocenters. The van der Waals surface area contributed by atoms with Crippen molar-refractivity contribution < 1.29 is 19.1 Å². The lowest BCUT2D eigenvalue weighted by Gasteiger charge is -2.32. The summed E-state index contributed by atoms with van der Waals surface area (Å²) < 4.78 is 10.8. The van der Waals surface area contributed by atoms with Gasteiger partial charge in [-0.2, -0.15) is 0 Å². The third-order valence-electron chi connectivity index (χ3n) is 4.97. The first-order valence-electron chi connectivity index (χ1n) is 9.17. The highest BCUT2D eigenvalue weighted by Crippen LogP contribution is 2.23. The predicted molar refractivity (Wildman–Crippen MR) is 104 cm³/mol. The van der Waals surface area contributed by atoms with Crippen LogP contribution in [0, 0.1) is 5.92 Å². The van der Waals surface area contributed by atoms with Gasteiger partial charge in [0.1, 0.15) is 12.4 Å². The molecule has 1 saturated heterocycles. The first kappa shape index (κ1) is 19.0. The van der Waals surface area contributed by atoms with Gasteiger partial charge in [-0.15, -0.1) is 0 Å². The molecule has 0 spiro atoms. The Hall–Kier alpha value is -2.76. The van der Waals surface area contributed by atoms with Crippen LogP contribution < -0.4 is 4.74 Å². The summed E-state index contributed by atoms with van der Waals surface area (Å²) in [6, 6.07) is 11.9. The Labute approximate surface area is 159 Å². The maximum Gasteiger partial charge on any atom is 0.319 e. The number of carbonyl (C=O) groups excluding carboxylic acids is 2. The Bertz CT molecular complexity index is 826. The number of amides is 2. The van der Waals surface area contributed by atoms with Gasteiger partial charge in [0.15, 0.2) is 0 Å². The normalized spacial score (nSPS) is 14.9. The molecule has 1 aliphatic rings. The van der Waals surface area contributed by atoms with E-state index in [9.17, 15) is 9.59 Å². The zero-order valence-electron chi connectivity index (χ0n) is 16.1. The minimum absolute atomic E-state index is 0.00499. The van der Waals surface area contributed by atoms with Crippen LogP contribution in [-0.2, 0) is 16.1 Å². The fraction of sp³-hybridized carbons (Fsp3) is 0.429. The summed E-state index contributed by atoms with van der Waals surface area (Å²) in [5.41, 5.74) is 0.959. The van der Waals surface area contributed by atoms with Crippen LogP contribution in [0.4, 0.5) is 4.79 Å². The van der Waals surface area contributed by atoms with Crippen LogP contribution in [0.5, 0.6) is 5.75 Å². The van der Waals surface area contributed by atoms with E-state index in [-0.39, 0.29) is 24.5 Å². The summed E-state index contributed by atoms with van der Waals surface area (Å²) in [6.07, 6.45) is 1.30. The number of methoxy groups -OCH3 is 1. The number of likely N-dealkylation sites (tertiary alicyclic amines) is 1. The number of hydrogen-bond donors (Lipinski definition) is 0. The minimum Gasteiger partial charge on any atom is -0.497 e. The van der Waals surface area contributed by atoms with Crippen LogP contribution in [0.3, 0.4) is 0 Å². The topological polar surface area (TPSA) is 59.1 Å². The molecule has 0 aromatic heterocycles. The number of urea groups is 1. The van der Waals surface area contributed by atoms with Gasteiger partial charge in [-0.1, -0.05) is 18.2 Å². The number of rotatable bonds is 4. The number of benzene rings is 2. The van der Waals surface area contributed by atoms with Crippen molar-refractivity contribution in [2.75, 3.05) is 34.3 Å². The van der Waals surface area contributed by atoms with Crippen molar-refractivity contribution in [1.82, 2.24) is 9.80 Å². The van der Waals surface area contributed by atoms with Crippen LogP contribution in [0.1, 0.15) is 18.4 Å². The number of nitrogens with zero attached hydrogens (tertiary/aromatic N) is 2. The van der Waals surface area contributed by atoms with E-state index in [1.807, 2.05) is 36.4 Å². The molecule has 0 bridgehead atoms. The lowest BCUT2D eigenvalue weighted by atomic mass is 9.97. The number of piperidine rings is 1. The van der Waals surface area contributed by atoms with Crippen molar-refractivity contribution in [2.45, 2.75) is 19.4 Å². The Morgan fingerprint density at radius 3 is 2.41 bits per heavy atom. The van der Waals surface area contributed by atoms with Crippen LogP contribution in [0.15, 0.2) is 36.4 Å². The second kappa shape index (κ2) is 8.29. The highest BCUT2D eigenvalue weighted by Gasteiger charge is 2.28. The van der Waals surface area contributed by atoms with E-state index in [4.69, 9.17) is 9.47 Å². The quantitative estimate of drug-likeness (QED) is 0.775. The SMILES string of the molecule is COc1ccc2cc(COC(=O)C3CCN(C(=O)N(C)C)CC3)ccc2c1. The Morgan fingerprint density at radius 2 is 1.74 bits per heavy atom. The highest BCUT2D eigenvalue weighted by atomic mass is 16.5. The highest BCUT2D eigenvalue weighted by molar-refractivity contribution is 5.84. The smallest absolute Gasteiger partial charge is 0.319 e. The molecule has 144 valence electrons. The van der Waals surface area contributed by atoms with Gasteiger partial charge in [0.2, 0.25) is 0 Å². The van der Waals surface area contributed by atoms with Crippen molar-refractivity contribution in [3.05, 3.63) is 42.0 Å². The van der Waals surface area contributed by atoms with E-state index in [1.54, 1.807) is 31.0 Å². The van der Waals surface area contributed by atoms with Crippen molar-refractivity contribution in [3.63, 3.8) is 0 Å². The van der Waals surface area contributed by atoms with Gasteiger partial charge in [-0.3, -0.25) is 4.79 Å². The number of esters is 1. The van der Waals surface area contributed by atoms with Crippen molar-refractivity contribution in [2.24, 2.45) is 5.92 Å². The lowest BCUT2D eigenvalue weighted by molar-refractivity contribution is -0.151. The first-order chi connectivity index (χ1) is 13.0. The van der Waals surface area contributed by atoms with Crippen molar-refractivity contribution in [1.29, 1.82) is 0 Å². The van der Waals surface area contributed by atoms with Gasteiger partial charge in [0, 0.05) is 27.2 Å². The molecule has 27 heavy (non-hydrogen) atoms. The zero-order valence-corrected chi connectivity index (χ0v) is 16.1. The van der Waals surface area contributed by atoms with Gasteiger partial charge in [-0.05, 0) is 47.4 Å². The fourth-order valence-electron chi connectivity index (χ4n) is 3.35. The Morgan fingerprint density at radius 1 is 1.07 bits per heavy atom. The molecule has 1 heterocycles. The van der Waals surface area contributed by atoms with Crippen molar-refractivity contribution in [3.8, 4) is 5.75 Å². The molecule has 0 radical (unpaired) electrons. The molecule has 2 aromatic carbocycles. The summed E-state index contributed by atoms with van der Waals surface area (Å²) in [6.45, 7) is 1.45. The van der Waals surface area contributed by atoms with Gasteiger partial charge in [0.25, 0.3) is 0 Å². The number of ether oxygens (including phenoxy) is 2. The standard InChI is InChI=1S/C21H26N2O4/c1-22(2)21(25)23-10-8-16(9-11-23)20(24)27-14-15-4-5-18-13-19(26-3)7-6-17(18)12-15/h4-7,12-13,16H,8-11,14H2,1-3H3. The van der Waals surface area contributed by atoms with E-state index in [1.165, 1.54) is 0 Å². The molecule has 0 N–H and O–H groups in total. The molecule has 3 rings (SSSR count). The molecule has 0 atom stereocenters. The maximum atomic E-state index is 12.4. The number of fused-ring (bicyclic) bond motifs is 1. The molecule has 1 fully saturated rings. The largest absolute Gasteiger partial charge is 0.497 e. The third kappa shape index (κ3) is 4.51. The summed E-state index contributed by atoms with van der Waals surface area (Å²) >= 11 is 0. The summed E-state index contributed by atoms with van der Waals surface area (Å²) in [7, 11) is 5.13. The number of carbonyl (C=O) groups is 2. The maximum absolute atomic E-state index is 12.4. The molecule has 0 aliphatic carbocycles. The van der Waals surface area contributed by atoms with Gasteiger partial charge < -0.3 is 19.3 Å². The molecule has 2 amide bonds. The summed E-state index contributed by atoms with van der Waals surface area (Å²) in [4.78, 5) is 27.7. The molecule has 6 heteroatoms. The van der Waals surface area contributed by atoms with Gasteiger partial charge >= 0.3 is 12.0 Å². The minimum atomic E-state index is -0.179. The van der Waals surface area contributed by atoms with Gasteiger partial charge in [0.05, 0.1) is 13.0 Å². The monoisotopic (exact) mass is 370 g/mol. The third-order valence-corrected chi connectivity index (χ3v) is 4.97. The van der Waals surface area contributed by atoms with Crippen LogP contribution >= 0.6 is 0 Å². The molecule has 6 nitrogen and oxygen atoms in total.